The average molecular weight is 221 g/mol. The number of nitrogens with zero attached hydrogens (tertiary/aromatic N) is 1. The van der Waals surface area contributed by atoms with Gasteiger partial charge in [0.15, 0.2) is 0 Å². The van der Waals surface area contributed by atoms with E-state index in [0.29, 0.717) is 0 Å². The van der Waals surface area contributed by atoms with Crippen LogP contribution in [0.4, 0.5) is 5.69 Å². The summed E-state index contributed by atoms with van der Waals surface area (Å²) in [4.78, 5) is 4.52. The third-order valence-corrected chi connectivity index (χ3v) is 3.19. The molecular weight excluding hydrogens is 206 g/mol. The van der Waals surface area contributed by atoms with Gasteiger partial charge in [0.1, 0.15) is 0 Å². The van der Waals surface area contributed by atoms with Crippen molar-refractivity contribution < 1.29 is 0 Å². The summed E-state index contributed by atoms with van der Waals surface area (Å²) in [5.41, 5.74) is 7.58. The molecule has 1 heterocycles. The van der Waals surface area contributed by atoms with Crippen LogP contribution in [0, 0.1) is 6.92 Å². The highest BCUT2D eigenvalue weighted by atomic mass is 14.8. The second-order valence-corrected chi connectivity index (χ2v) is 4.74. The van der Waals surface area contributed by atoms with Crippen molar-refractivity contribution in [1.82, 2.24) is 0 Å². The van der Waals surface area contributed by atoms with E-state index in [-0.39, 0.29) is 0 Å². The third-order valence-electron chi connectivity index (χ3n) is 3.19. The summed E-state index contributed by atoms with van der Waals surface area (Å²) in [5.74, 6) is 0. The number of aryl methyl sites for hydroxylation is 1. The number of hydrogen-bond donors (Lipinski definition) is 0. The topological polar surface area (TPSA) is 12.4 Å². The molecule has 0 aromatic heterocycles. The molecule has 0 spiro atoms. The zero-order valence-corrected chi connectivity index (χ0v) is 10.2. The van der Waals surface area contributed by atoms with Crippen LogP contribution in [0.5, 0.6) is 0 Å². The average Bonchev–Trinajstić information content (AvgIpc) is 2.68. The number of rotatable bonds is 1. The van der Waals surface area contributed by atoms with Gasteiger partial charge in [-0.15, -0.1) is 0 Å². The van der Waals surface area contributed by atoms with E-state index >= 15 is 0 Å². The van der Waals surface area contributed by atoms with E-state index in [2.05, 4.69) is 61.3 Å². The van der Waals surface area contributed by atoms with E-state index in [0.717, 1.165) is 12.1 Å². The Bertz CT molecular complexity index is 609. The molecule has 2 aromatic rings. The molecule has 0 atom stereocenters. The molecule has 0 bridgehead atoms. The SMILES string of the molecule is CC1=Nc2ccc(-c3cccc(C)c3)cc2C1. The quantitative estimate of drug-likeness (QED) is 0.680. The van der Waals surface area contributed by atoms with Crippen LogP contribution in [0.15, 0.2) is 47.5 Å². The molecule has 0 amide bonds. The maximum absolute atomic E-state index is 4.52. The fourth-order valence-corrected chi connectivity index (χ4v) is 2.36. The number of benzene rings is 2. The summed E-state index contributed by atoms with van der Waals surface area (Å²) in [7, 11) is 0. The van der Waals surface area contributed by atoms with Crippen molar-refractivity contribution >= 4 is 11.4 Å². The Morgan fingerprint density at radius 3 is 2.59 bits per heavy atom. The minimum atomic E-state index is 0.995. The molecule has 0 radical (unpaired) electrons. The molecule has 3 rings (SSSR count). The van der Waals surface area contributed by atoms with Crippen LogP contribution in [0.25, 0.3) is 11.1 Å². The predicted octanol–water partition coefficient (Wildman–Crippen LogP) is 4.31. The molecule has 17 heavy (non-hydrogen) atoms. The van der Waals surface area contributed by atoms with Crippen molar-refractivity contribution in [2.24, 2.45) is 4.99 Å². The molecule has 1 aliphatic heterocycles. The summed E-state index contributed by atoms with van der Waals surface area (Å²) in [6.45, 7) is 4.22. The number of hydrogen-bond acceptors (Lipinski definition) is 1. The number of aliphatic imine (C=N–C) groups is 1. The summed E-state index contributed by atoms with van der Waals surface area (Å²) in [6.07, 6.45) is 0.995. The molecule has 0 fully saturated rings. The largest absolute Gasteiger partial charge is 0.257 e. The summed E-state index contributed by atoms with van der Waals surface area (Å²) in [6, 6.07) is 15.2. The molecule has 0 N–H and O–H groups in total. The van der Waals surface area contributed by atoms with Gasteiger partial charge >= 0.3 is 0 Å². The van der Waals surface area contributed by atoms with Crippen LogP contribution in [-0.2, 0) is 6.42 Å². The first-order chi connectivity index (χ1) is 8.22. The lowest BCUT2D eigenvalue weighted by Crippen LogP contribution is -1.89. The molecule has 0 unspecified atom stereocenters. The summed E-state index contributed by atoms with van der Waals surface area (Å²) < 4.78 is 0. The van der Waals surface area contributed by atoms with Gasteiger partial charge in [0, 0.05) is 12.1 Å². The first kappa shape index (κ1) is 10.3. The van der Waals surface area contributed by atoms with Gasteiger partial charge in [-0.1, -0.05) is 35.9 Å². The van der Waals surface area contributed by atoms with Crippen molar-refractivity contribution in [1.29, 1.82) is 0 Å². The monoisotopic (exact) mass is 221 g/mol. The second kappa shape index (κ2) is 3.85. The molecule has 1 heteroatoms. The van der Waals surface area contributed by atoms with Gasteiger partial charge in [0.2, 0.25) is 0 Å². The molecule has 2 aromatic carbocycles. The lowest BCUT2D eigenvalue weighted by atomic mass is 10.00. The highest BCUT2D eigenvalue weighted by Gasteiger charge is 2.11. The van der Waals surface area contributed by atoms with Gasteiger partial charge in [0.05, 0.1) is 5.69 Å². The van der Waals surface area contributed by atoms with Gasteiger partial charge in [-0.2, -0.15) is 0 Å². The lowest BCUT2D eigenvalue weighted by Gasteiger charge is -2.05. The smallest absolute Gasteiger partial charge is 0.0665 e. The standard InChI is InChI=1S/C16H15N/c1-11-4-3-5-13(8-11)14-6-7-16-15(10-14)9-12(2)17-16/h3-8,10H,9H2,1-2H3. The zero-order valence-electron chi connectivity index (χ0n) is 10.2. The first-order valence-electron chi connectivity index (χ1n) is 5.96. The van der Waals surface area contributed by atoms with E-state index in [1.807, 2.05) is 0 Å². The van der Waals surface area contributed by atoms with Gasteiger partial charge in [0.25, 0.3) is 0 Å². The van der Waals surface area contributed by atoms with Crippen molar-refractivity contribution in [3.8, 4) is 11.1 Å². The van der Waals surface area contributed by atoms with Crippen molar-refractivity contribution in [2.75, 3.05) is 0 Å². The zero-order chi connectivity index (χ0) is 11.8. The van der Waals surface area contributed by atoms with Crippen LogP contribution in [0.3, 0.4) is 0 Å². The van der Waals surface area contributed by atoms with Gasteiger partial charge in [-0.25, -0.2) is 0 Å². The Hall–Kier alpha value is -1.89. The maximum Gasteiger partial charge on any atom is 0.0665 e. The molecule has 1 aliphatic rings. The van der Waals surface area contributed by atoms with Crippen LogP contribution in [0.2, 0.25) is 0 Å². The Balaban J connectivity index is 2.05. The van der Waals surface area contributed by atoms with Crippen molar-refractivity contribution in [2.45, 2.75) is 20.3 Å². The minimum absolute atomic E-state index is 0.995. The predicted molar refractivity (Wildman–Crippen MR) is 73.1 cm³/mol. The molecule has 1 nitrogen and oxygen atoms in total. The van der Waals surface area contributed by atoms with E-state index in [4.69, 9.17) is 0 Å². The Morgan fingerprint density at radius 2 is 1.76 bits per heavy atom. The van der Waals surface area contributed by atoms with E-state index in [9.17, 15) is 0 Å². The molecular formula is C16H15N. The van der Waals surface area contributed by atoms with Crippen LogP contribution in [-0.4, -0.2) is 5.71 Å². The minimum Gasteiger partial charge on any atom is -0.257 e. The van der Waals surface area contributed by atoms with Crippen molar-refractivity contribution in [3.05, 3.63) is 53.6 Å². The second-order valence-electron chi connectivity index (χ2n) is 4.74. The normalized spacial score (nSPS) is 13.4. The van der Waals surface area contributed by atoms with Gasteiger partial charge in [-0.05, 0) is 42.7 Å². The van der Waals surface area contributed by atoms with Crippen LogP contribution in [0.1, 0.15) is 18.1 Å². The Morgan fingerprint density at radius 1 is 0.941 bits per heavy atom. The summed E-state index contributed by atoms with van der Waals surface area (Å²) >= 11 is 0. The fourth-order valence-electron chi connectivity index (χ4n) is 2.36. The van der Waals surface area contributed by atoms with Gasteiger partial charge in [-0.3, -0.25) is 4.99 Å². The van der Waals surface area contributed by atoms with E-state index < -0.39 is 0 Å². The molecule has 84 valence electrons. The van der Waals surface area contributed by atoms with Crippen molar-refractivity contribution in [3.63, 3.8) is 0 Å². The maximum atomic E-state index is 4.52. The number of fused-ring (bicyclic) bond motifs is 1. The lowest BCUT2D eigenvalue weighted by molar-refractivity contribution is 1.38. The van der Waals surface area contributed by atoms with E-state index in [1.54, 1.807) is 0 Å². The fraction of sp³-hybridized carbons (Fsp3) is 0.188. The highest BCUT2D eigenvalue weighted by molar-refractivity contribution is 5.92. The molecule has 0 saturated heterocycles. The first-order valence-corrected chi connectivity index (χ1v) is 5.96. The Labute approximate surface area is 102 Å². The van der Waals surface area contributed by atoms with E-state index in [1.165, 1.54) is 28.0 Å². The molecule has 0 aliphatic carbocycles. The third kappa shape index (κ3) is 1.89. The highest BCUT2D eigenvalue weighted by Crippen LogP contribution is 2.31. The van der Waals surface area contributed by atoms with Gasteiger partial charge < -0.3 is 0 Å². The van der Waals surface area contributed by atoms with Crippen LogP contribution >= 0.6 is 0 Å². The molecule has 0 saturated carbocycles. The summed E-state index contributed by atoms with van der Waals surface area (Å²) in [5, 5.41) is 0. The Kier molecular flexibility index (Phi) is 2.32. The van der Waals surface area contributed by atoms with Crippen LogP contribution < -0.4 is 0 Å².